The SMILES string of the molecule is CC(=O)Nc1ccc(S(=O)(=O)Nc2ccc(C)c(C(F)(F)F)c2)cc1. The van der Waals surface area contributed by atoms with Crippen LogP contribution in [0.3, 0.4) is 0 Å². The van der Waals surface area contributed by atoms with Gasteiger partial charge in [-0.2, -0.15) is 13.2 Å². The minimum atomic E-state index is -4.58. The van der Waals surface area contributed by atoms with Gasteiger partial charge < -0.3 is 5.32 Å². The number of carbonyl (C=O) groups excluding carboxylic acids is 1. The first-order valence-corrected chi connectivity index (χ1v) is 8.56. The lowest BCUT2D eigenvalue weighted by Crippen LogP contribution is -2.15. The fourth-order valence-corrected chi connectivity index (χ4v) is 3.18. The molecule has 9 heteroatoms. The molecule has 0 spiro atoms. The maximum atomic E-state index is 12.9. The van der Waals surface area contributed by atoms with E-state index in [1.54, 1.807) is 0 Å². The van der Waals surface area contributed by atoms with Gasteiger partial charge in [-0.15, -0.1) is 0 Å². The predicted molar refractivity (Wildman–Crippen MR) is 87.7 cm³/mol. The molecule has 25 heavy (non-hydrogen) atoms. The first kappa shape index (κ1) is 18.8. The molecule has 0 atom stereocenters. The van der Waals surface area contributed by atoms with E-state index in [0.717, 1.165) is 6.07 Å². The highest BCUT2D eigenvalue weighted by atomic mass is 32.2. The average molecular weight is 372 g/mol. The smallest absolute Gasteiger partial charge is 0.326 e. The minimum absolute atomic E-state index is 0.00453. The van der Waals surface area contributed by atoms with E-state index in [1.807, 2.05) is 0 Å². The Labute approximate surface area is 142 Å². The average Bonchev–Trinajstić information content (AvgIpc) is 2.48. The zero-order valence-electron chi connectivity index (χ0n) is 13.3. The number of anilines is 2. The van der Waals surface area contributed by atoms with Crippen molar-refractivity contribution >= 4 is 27.3 Å². The second-order valence-corrected chi connectivity index (χ2v) is 7.02. The molecule has 5 nitrogen and oxygen atoms in total. The van der Waals surface area contributed by atoms with Crippen molar-refractivity contribution < 1.29 is 26.4 Å². The van der Waals surface area contributed by atoms with Gasteiger partial charge in [-0.05, 0) is 48.9 Å². The van der Waals surface area contributed by atoms with Crippen molar-refractivity contribution in [3.05, 3.63) is 53.6 Å². The van der Waals surface area contributed by atoms with Gasteiger partial charge >= 0.3 is 6.18 Å². The summed E-state index contributed by atoms with van der Waals surface area (Å²) in [5.41, 5.74) is -0.700. The highest BCUT2D eigenvalue weighted by Gasteiger charge is 2.32. The zero-order chi connectivity index (χ0) is 18.8. The van der Waals surface area contributed by atoms with Gasteiger partial charge in [0.25, 0.3) is 10.0 Å². The van der Waals surface area contributed by atoms with E-state index in [1.165, 1.54) is 50.2 Å². The number of halogens is 3. The number of aryl methyl sites for hydroxylation is 1. The third-order valence-electron chi connectivity index (χ3n) is 3.28. The molecule has 2 rings (SSSR count). The van der Waals surface area contributed by atoms with Crippen molar-refractivity contribution in [2.24, 2.45) is 0 Å². The van der Waals surface area contributed by atoms with Gasteiger partial charge in [-0.1, -0.05) is 6.07 Å². The largest absolute Gasteiger partial charge is 0.416 e. The van der Waals surface area contributed by atoms with Crippen LogP contribution < -0.4 is 10.0 Å². The predicted octanol–water partition coefficient (Wildman–Crippen LogP) is 3.77. The summed E-state index contributed by atoms with van der Waals surface area (Å²) in [7, 11) is -4.06. The lowest BCUT2D eigenvalue weighted by Gasteiger charge is -2.14. The molecule has 0 bridgehead atoms. The molecule has 0 fully saturated rings. The second kappa shape index (κ2) is 6.75. The summed E-state index contributed by atoms with van der Waals surface area (Å²) < 4.78 is 65.5. The first-order chi connectivity index (χ1) is 11.5. The van der Waals surface area contributed by atoms with Gasteiger partial charge in [0.15, 0.2) is 0 Å². The third kappa shape index (κ3) is 4.72. The molecule has 2 N–H and O–H groups in total. The van der Waals surface area contributed by atoms with E-state index in [-0.39, 0.29) is 22.1 Å². The summed E-state index contributed by atoms with van der Waals surface area (Å²) >= 11 is 0. The van der Waals surface area contributed by atoms with Gasteiger partial charge in [0, 0.05) is 18.3 Å². The molecule has 1 amide bonds. The number of nitrogens with one attached hydrogen (secondary N) is 2. The summed E-state index contributed by atoms with van der Waals surface area (Å²) in [6, 6.07) is 8.45. The van der Waals surface area contributed by atoms with Crippen molar-refractivity contribution in [1.29, 1.82) is 0 Å². The number of hydrogen-bond acceptors (Lipinski definition) is 3. The van der Waals surface area contributed by atoms with E-state index in [0.29, 0.717) is 5.69 Å². The Hall–Kier alpha value is -2.55. The summed E-state index contributed by atoms with van der Waals surface area (Å²) in [4.78, 5) is 10.8. The Bertz CT molecular complexity index is 892. The van der Waals surface area contributed by atoms with Crippen LogP contribution in [0.2, 0.25) is 0 Å². The highest BCUT2D eigenvalue weighted by molar-refractivity contribution is 7.92. The number of benzene rings is 2. The quantitative estimate of drug-likeness (QED) is 0.858. The standard InChI is InChI=1S/C16H15F3N2O3S/c1-10-3-4-13(9-15(10)16(17,18)19)21-25(23,24)14-7-5-12(6-8-14)20-11(2)22/h3-9,21H,1-2H3,(H,20,22). The van der Waals surface area contributed by atoms with Crippen molar-refractivity contribution in [3.8, 4) is 0 Å². The highest BCUT2D eigenvalue weighted by Crippen LogP contribution is 2.33. The van der Waals surface area contributed by atoms with Gasteiger partial charge in [-0.3, -0.25) is 9.52 Å². The topological polar surface area (TPSA) is 75.3 Å². The van der Waals surface area contributed by atoms with Crippen LogP contribution in [0.15, 0.2) is 47.4 Å². The molecule has 2 aromatic rings. The first-order valence-electron chi connectivity index (χ1n) is 7.07. The molecule has 0 unspecified atom stereocenters. The fourth-order valence-electron chi connectivity index (χ4n) is 2.13. The summed E-state index contributed by atoms with van der Waals surface area (Å²) in [5.74, 6) is -0.312. The molecule has 0 aromatic heterocycles. The number of alkyl halides is 3. The fraction of sp³-hybridized carbons (Fsp3) is 0.188. The van der Waals surface area contributed by atoms with Gasteiger partial charge in [-0.25, -0.2) is 8.42 Å². The van der Waals surface area contributed by atoms with Gasteiger partial charge in [0.05, 0.1) is 10.5 Å². The Morgan fingerprint density at radius 2 is 1.56 bits per heavy atom. The number of carbonyl (C=O) groups is 1. The minimum Gasteiger partial charge on any atom is -0.326 e. The normalized spacial score (nSPS) is 11.9. The molecule has 0 saturated heterocycles. The molecule has 2 aromatic carbocycles. The third-order valence-corrected chi connectivity index (χ3v) is 4.68. The summed E-state index contributed by atoms with van der Waals surface area (Å²) in [5, 5.41) is 2.48. The lowest BCUT2D eigenvalue weighted by molar-refractivity contribution is -0.138. The molecule has 134 valence electrons. The maximum Gasteiger partial charge on any atom is 0.416 e. The number of amides is 1. The van der Waals surface area contributed by atoms with Crippen molar-refractivity contribution in [2.75, 3.05) is 10.0 Å². The van der Waals surface area contributed by atoms with E-state index >= 15 is 0 Å². The second-order valence-electron chi connectivity index (χ2n) is 5.34. The zero-order valence-corrected chi connectivity index (χ0v) is 14.1. The van der Waals surface area contributed by atoms with Crippen LogP contribution in [0.4, 0.5) is 24.5 Å². The van der Waals surface area contributed by atoms with Crippen molar-refractivity contribution in [1.82, 2.24) is 0 Å². The van der Waals surface area contributed by atoms with Crippen LogP contribution in [0.5, 0.6) is 0 Å². The molecule has 0 heterocycles. The van der Waals surface area contributed by atoms with E-state index in [2.05, 4.69) is 10.0 Å². The number of rotatable bonds is 4. The molecule has 0 aliphatic heterocycles. The Morgan fingerprint density at radius 3 is 2.08 bits per heavy atom. The Balaban J connectivity index is 2.28. The summed E-state index contributed by atoms with van der Waals surface area (Å²) in [6.07, 6.45) is -4.58. The van der Waals surface area contributed by atoms with Gasteiger partial charge in [0.2, 0.25) is 5.91 Å². The van der Waals surface area contributed by atoms with Crippen LogP contribution >= 0.6 is 0 Å². The van der Waals surface area contributed by atoms with Crippen LogP contribution in [0.1, 0.15) is 18.1 Å². The van der Waals surface area contributed by atoms with Crippen LogP contribution in [0, 0.1) is 6.92 Å². The molecule has 0 saturated carbocycles. The lowest BCUT2D eigenvalue weighted by atomic mass is 10.1. The van der Waals surface area contributed by atoms with E-state index in [9.17, 15) is 26.4 Å². The van der Waals surface area contributed by atoms with E-state index in [4.69, 9.17) is 0 Å². The van der Waals surface area contributed by atoms with Gasteiger partial charge in [0.1, 0.15) is 0 Å². The molecular formula is C16H15F3N2O3S. The van der Waals surface area contributed by atoms with Crippen molar-refractivity contribution in [3.63, 3.8) is 0 Å². The molecule has 0 aliphatic carbocycles. The molecule has 0 radical (unpaired) electrons. The number of hydrogen-bond donors (Lipinski definition) is 2. The summed E-state index contributed by atoms with van der Waals surface area (Å²) in [6.45, 7) is 2.60. The maximum absolute atomic E-state index is 12.9. The van der Waals surface area contributed by atoms with Crippen LogP contribution in [0.25, 0.3) is 0 Å². The van der Waals surface area contributed by atoms with E-state index < -0.39 is 21.8 Å². The molecular weight excluding hydrogens is 357 g/mol. The molecule has 0 aliphatic rings. The van der Waals surface area contributed by atoms with Crippen LogP contribution in [-0.4, -0.2) is 14.3 Å². The Morgan fingerprint density at radius 1 is 1.00 bits per heavy atom. The van der Waals surface area contributed by atoms with Crippen LogP contribution in [-0.2, 0) is 21.0 Å². The monoisotopic (exact) mass is 372 g/mol. The Kier molecular flexibility index (Phi) is 5.07. The van der Waals surface area contributed by atoms with Crippen molar-refractivity contribution in [2.45, 2.75) is 24.9 Å². The number of sulfonamides is 1.